The van der Waals surface area contributed by atoms with E-state index >= 15 is 4.79 Å². The Morgan fingerprint density at radius 1 is 1.08 bits per heavy atom. The third-order valence-electron chi connectivity index (χ3n) is 12.9. The lowest BCUT2D eigenvalue weighted by molar-refractivity contribution is -0.146. The third kappa shape index (κ3) is 7.84. The highest BCUT2D eigenvalue weighted by atomic mass is 35.5. The molecule has 5 aromatic rings. The highest BCUT2D eigenvalue weighted by Gasteiger charge is 2.66. The van der Waals surface area contributed by atoms with Crippen LogP contribution < -0.4 is 25.5 Å². The van der Waals surface area contributed by atoms with Gasteiger partial charge >= 0.3 is 0 Å². The van der Waals surface area contributed by atoms with E-state index < -0.39 is 13.7 Å². The Kier molecular flexibility index (Phi) is 11.8. The van der Waals surface area contributed by atoms with Crippen molar-refractivity contribution in [2.75, 3.05) is 37.0 Å². The number of hydrogen-bond acceptors (Lipinski definition) is 8. The number of carbonyl (C=O) groups excluding carboxylic acids is 2. The van der Waals surface area contributed by atoms with E-state index in [1.54, 1.807) is 7.11 Å². The molecular weight excluding hydrogens is 780 g/mol. The van der Waals surface area contributed by atoms with Gasteiger partial charge in [0, 0.05) is 41.5 Å². The van der Waals surface area contributed by atoms with Crippen molar-refractivity contribution in [1.82, 2.24) is 20.3 Å². The average molecular weight is 834 g/mol. The zero-order valence-electron chi connectivity index (χ0n) is 34.1. The normalized spacial score (nSPS) is 23.4. The van der Waals surface area contributed by atoms with E-state index in [-0.39, 0.29) is 47.8 Å². The molecule has 3 aliphatic heterocycles. The van der Waals surface area contributed by atoms with E-state index in [1.807, 2.05) is 101 Å². The van der Waals surface area contributed by atoms with E-state index in [0.717, 1.165) is 47.5 Å². The quantitative estimate of drug-likeness (QED) is 0.110. The van der Waals surface area contributed by atoms with Gasteiger partial charge in [0.1, 0.15) is 5.75 Å². The van der Waals surface area contributed by atoms with Gasteiger partial charge in [-0.05, 0) is 84.9 Å². The molecule has 11 nitrogen and oxygen atoms in total. The number of nitrogens with one attached hydrogen (secondary N) is 2. The standard InChI is InChI=1S/C46H53ClN6O5Si/c1-30-43(59(3,4)37-18-16-36(57-2)17-19-37)42(21-23-52-28-40(50-51-52)38(29-54)32-11-6-5-7-12-32)58-46(30)39-25-34(47)15-20-41(39)53(45(46)56)27-31-10-8-14-35(24-31)49-44(55)33-13-9-22-48-26-33/h5-8,10-12,14-20,24-25,28,30,33,38,42-43,48,54H,9,13,21-23,26-27,29H2,1-4H3,(H,49,55)/t30-,33?,38?,42+,43-,46+/m0/s1. The number of fused-ring (bicyclic) bond motifs is 2. The molecule has 8 rings (SSSR count). The fourth-order valence-electron chi connectivity index (χ4n) is 9.86. The molecule has 2 fully saturated rings. The molecule has 2 unspecified atom stereocenters. The van der Waals surface area contributed by atoms with Gasteiger partial charge in [-0.15, -0.1) is 5.10 Å². The molecule has 2 saturated heterocycles. The van der Waals surface area contributed by atoms with Gasteiger partial charge in [-0.25, -0.2) is 0 Å². The van der Waals surface area contributed by atoms with Crippen LogP contribution in [0.25, 0.3) is 0 Å². The Labute approximate surface area is 352 Å². The van der Waals surface area contributed by atoms with E-state index in [9.17, 15) is 9.90 Å². The second kappa shape index (κ2) is 17.0. The van der Waals surface area contributed by atoms with Gasteiger partial charge in [0.05, 0.1) is 57.7 Å². The van der Waals surface area contributed by atoms with Crippen LogP contribution in [-0.2, 0) is 33.0 Å². The summed E-state index contributed by atoms with van der Waals surface area (Å²) in [6, 6.07) is 31.6. The molecular formula is C46H53ClN6O5Si. The number of benzene rings is 4. The molecule has 4 aromatic carbocycles. The Morgan fingerprint density at radius 2 is 1.88 bits per heavy atom. The zero-order valence-corrected chi connectivity index (χ0v) is 35.9. The Morgan fingerprint density at radius 3 is 2.61 bits per heavy atom. The molecule has 59 heavy (non-hydrogen) atoms. The SMILES string of the molecule is COc1ccc([Si](C)(C)[C@@H]2[C@@H](CCn3cc(C(CO)c4ccccc4)nn3)O[C@]3(C(=O)N(Cc4cccc(NC(=O)C5CCCNC5)c4)c4ccc(Cl)cc43)[C@H]2C)cc1. The number of rotatable bonds is 13. The van der Waals surface area contributed by atoms with Crippen molar-refractivity contribution in [3.05, 3.63) is 131 Å². The predicted molar refractivity (Wildman–Crippen MR) is 233 cm³/mol. The van der Waals surface area contributed by atoms with Crippen molar-refractivity contribution < 1.29 is 24.2 Å². The van der Waals surface area contributed by atoms with Crippen LogP contribution in [0, 0.1) is 11.8 Å². The smallest absolute Gasteiger partial charge is 0.264 e. The summed E-state index contributed by atoms with van der Waals surface area (Å²) < 4.78 is 14.7. The lowest BCUT2D eigenvalue weighted by Crippen LogP contribution is -2.51. The van der Waals surface area contributed by atoms with Gasteiger partial charge in [-0.1, -0.05) is 96.6 Å². The van der Waals surface area contributed by atoms with Crippen molar-refractivity contribution in [2.24, 2.45) is 11.8 Å². The molecule has 3 aliphatic rings. The van der Waals surface area contributed by atoms with Crippen molar-refractivity contribution in [2.45, 2.75) is 75.5 Å². The second-order valence-electron chi connectivity index (χ2n) is 16.8. The number of amides is 2. The number of aliphatic hydroxyl groups is 1. The molecule has 6 atom stereocenters. The summed E-state index contributed by atoms with van der Waals surface area (Å²) >= 11 is 6.76. The maximum absolute atomic E-state index is 15.4. The fourth-order valence-corrected chi connectivity index (χ4v) is 14.1. The van der Waals surface area contributed by atoms with Crippen LogP contribution in [0.2, 0.25) is 23.7 Å². The minimum absolute atomic E-state index is 0.00553. The van der Waals surface area contributed by atoms with Gasteiger partial charge in [-0.3, -0.25) is 14.3 Å². The minimum atomic E-state index is -2.41. The summed E-state index contributed by atoms with van der Waals surface area (Å²) in [4.78, 5) is 30.3. The summed E-state index contributed by atoms with van der Waals surface area (Å²) in [5.41, 5.74) is 3.54. The van der Waals surface area contributed by atoms with Gasteiger partial charge in [0.25, 0.3) is 5.91 Å². The van der Waals surface area contributed by atoms with Crippen molar-refractivity contribution in [1.29, 1.82) is 0 Å². The van der Waals surface area contributed by atoms with Crippen molar-refractivity contribution in [3.63, 3.8) is 0 Å². The maximum Gasteiger partial charge on any atom is 0.264 e. The Hall–Kier alpha value is -4.85. The number of aliphatic hydroxyl groups excluding tert-OH is 1. The summed E-state index contributed by atoms with van der Waals surface area (Å²) in [5, 5.41) is 27.5. The number of anilines is 2. The topological polar surface area (TPSA) is 131 Å². The first-order chi connectivity index (χ1) is 28.5. The number of halogens is 1. The van der Waals surface area contributed by atoms with Crippen LogP contribution in [0.5, 0.6) is 5.75 Å². The number of nitrogens with zero attached hydrogens (tertiary/aromatic N) is 4. The molecule has 1 spiro atoms. The maximum atomic E-state index is 15.4. The number of aromatic nitrogens is 3. The largest absolute Gasteiger partial charge is 0.497 e. The monoisotopic (exact) mass is 832 g/mol. The Bertz CT molecular complexity index is 2280. The highest BCUT2D eigenvalue weighted by Crippen LogP contribution is 2.60. The zero-order chi connectivity index (χ0) is 41.3. The number of carbonyl (C=O) groups is 2. The van der Waals surface area contributed by atoms with Crippen LogP contribution >= 0.6 is 11.6 Å². The van der Waals surface area contributed by atoms with E-state index in [0.29, 0.717) is 42.5 Å². The fraction of sp³-hybridized carbons (Fsp3) is 0.391. The van der Waals surface area contributed by atoms with E-state index in [1.165, 1.54) is 5.19 Å². The highest BCUT2D eigenvalue weighted by molar-refractivity contribution is 6.91. The van der Waals surface area contributed by atoms with Crippen LogP contribution in [0.3, 0.4) is 0 Å². The molecule has 308 valence electrons. The van der Waals surface area contributed by atoms with Gasteiger partial charge < -0.3 is 30.1 Å². The molecule has 0 bridgehead atoms. The molecule has 0 saturated carbocycles. The summed E-state index contributed by atoms with van der Waals surface area (Å²) in [6.45, 7) is 9.22. The third-order valence-corrected chi connectivity index (χ3v) is 17.5. The Balaban J connectivity index is 1.11. The number of piperidine rings is 1. The van der Waals surface area contributed by atoms with Crippen LogP contribution in [0.4, 0.5) is 11.4 Å². The lowest BCUT2D eigenvalue weighted by Gasteiger charge is -2.37. The average Bonchev–Trinajstić information content (AvgIpc) is 3.91. The lowest BCUT2D eigenvalue weighted by atomic mass is 9.82. The first-order valence-corrected chi connectivity index (χ1v) is 24.1. The molecule has 1 aromatic heterocycles. The van der Waals surface area contributed by atoms with E-state index in [4.69, 9.17) is 21.1 Å². The van der Waals surface area contributed by atoms with Crippen LogP contribution in [-0.4, -0.2) is 72.9 Å². The molecule has 13 heteroatoms. The second-order valence-corrected chi connectivity index (χ2v) is 21.9. The van der Waals surface area contributed by atoms with Gasteiger partial charge in [0.15, 0.2) is 5.60 Å². The van der Waals surface area contributed by atoms with E-state index in [2.05, 4.69) is 53.1 Å². The first kappa shape index (κ1) is 40.9. The summed E-state index contributed by atoms with van der Waals surface area (Å²) in [6.07, 6.45) is 4.02. The predicted octanol–water partition coefficient (Wildman–Crippen LogP) is 6.86. The molecule has 2 amide bonds. The van der Waals surface area contributed by atoms with Crippen molar-refractivity contribution in [3.8, 4) is 5.75 Å². The number of ether oxygens (including phenoxy) is 2. The van der Waals surface area contributed by atoms with Gasteiger partial charge in [0.2, 0.25) is 5.91 Å². The van der Waals surface area contributed by atoms with Crippen LogP contribution in [0.15, 0.2) is 103 Å². The first-order valence-electron chi connectivity index (χ1n) is 20.6. The van der Waals surface area contributed by atoms with Crippen molar-refractivity contribution >= 4 is 48.1 Å². The molecule has 0 radical (unpaired) electrons. The number of methoxy groups -OCH3 is 1. The summed E-state index contributed by atoms with van der Waals surface area (Å²) in [7, 11) is -0.738. The molecule has 0 aliphatic carbocycles. The van der Waals surface area contributed by atoms with Gasteiger partial charge in [-0.2, -0.15) is 0 Å². The molecule has 4 heterocycles. The number of hydrogen-bond donors (Lipinski definition) is 3. The molecule has 3 N–H and O–H groups in total. The summed E-state index contributed by atoms with van der Waals surface area (Å²) in [5.74, 6) is 0.0963. The minimum Gasteiger partial charge on any atom is -0.497 e. The van der Waals surface area contributed by atoms with Crippen LogP contribution in [0.1, 0.15) is 54.5 Å². The number of aryl methyl sites for hydroxylation is 1.